The van der Waals surface area contributed by atoms with Gasteiger partial charge in [-0.3, -0.25) is 19.1 Å². The van der Waals surface area contributed by atoms with Crippen molar-refractivity contribution >= 4 is 29.0 Å². The lowest BCUT2D eigenvalue weighted by atomic mass is 10.1. The second-order valence-corrected chi connectivity index (χ2v) is 8.96. The summed E-state index contributed by atoms with van der Waals surface area (Å²) >= 11 is 5.56. The van der Waals surface area contributed by atoms with Crippen LogP contribution in [0.5, 0.6) is 0 Å². The fourth-order valence-electron chi connectivity index (χ4n) is 4.15. The number of aryl methyl sites for hydroxylation is 1. The molecule has 0 bridgehead atoms. The van der Waals surface area contributed by atoms with Crippen LogP contribution < -0.4 is 5.56 Å². The Hall–Kier alpha value is -3.58. The second kappa shape index (κ2) is 8.41. The molecule has 0 unspecified atom stereocenters. The third-order valence-corrected chi connectivity index (χ3v) is 6.60. The van der Waals surface area contributed by atoms with E-state index in [9.17, 15) is 9.59 Å². The molecular weight excluding hydrogens is 432 g/mol. The highest BCUT2D eigenvalue weighted by atomic mass is 32.1. The van der Waals surface area contributed by atoms with Crippen LogP contribution in [-0.4, -0.2) is 31.4 Å². The van der Waals surface area contributed by atoms with Gasteiger partial charge in [0, 0.05) is 30.5 Å². The Morgan fingerprint density at radius 3 is 2.64 bits per heavy atom. The van der Waals surface area contributed by atoms with Gasteiger partial charge in [0.2, 0.25) is 0 Å². The molecule has 7 heteroatoms. The van der Waals surface area contributed by atoms with Gasteiger partial charge in [0.25, 0.3) is 11.5 Å². The van der Waals surface area contributed by atoms with Gasteiger partial charge in [0.05, 0.1) is 16.6 Å². The zero-order valence-corrected chi connectivity index (χ0v) is 19.4. The van der Waals surface area contributed by atoms with E-state index in [1.165, 1.54) is 4.57 Å². The number of amides is 1. The highest BCUT2D eigenvalue weighted by molar-refractivity contribution is 7.71. The van der Waals surface area contributed by atoms with Crippen molar-refractivity contribution < 1.29 is 4.79 Å². The quantitative estimate of drug-likeness (QED) is 0.435. The summed E-state index contributed by atoms with van der Waals surface area (Å²) in [6.45, 7) is 4.52. The van der Waals surface area contributed by atoms with Crippen molar-refractivity contribution in [3.63, 3.8) is 0 Å². The number of carbonyl (C=O) groups excluding carboxylic acids is 1. The van der Waals surface area contributed by atoms with Gasteiger partial charge in [-0.15, -0.1) is 0 Å². The molecule has 1 saturated carbocycles. The van der Waals surface area contributed by atoms with Crippen LogP contribution in [0.2, 0.25) is 0 Å². The molecule has 0 saturated heterocycles. The normalized spacial score (nSPS) is 13.3. The molecule has 0 radical (unpaired) electrons. The molecule has 0 atom stereocenters. The van der Waals surface area contributed by atoms with Gasteiger partial charge in [-0.2, -0.15) is 0 Å². The molecule has 33 heavy (non-hydrogen) atoms. The molecule has 1 aliphatic rings. The Kier molecular flexibility index (Phi) is 5.42. The fourth-order valence-corrected chi connectivity index (χ4v) is 4.44. The third-order valence-electron chi connectivity index (χ3n) is 6.31. The van der Waals surface area contributed by atoms with Crippen molar-refractivity contribution in [3.8, 4) is 5.69 Å². The summed E-state index contributed by atoms with van der Waals surface area (Å²) in [5, 5.41) is 0.494. The maximum absolute atomic E-state index is 13.4. The molecule has 1 amide bonds. The molecule has 1 N–H and O–H groups in total. The number of hydrogen-bond donors (Lipinski definition) is 1. The minimum Gasteiger partial charge on any atom is -0.331 e. The lowest BCUT2D eigenvalue weighted by Crippen LogP contribution is -2.32. The largest absolute Gasteiger partial charge is 0.331 e. The summed E-state index contributed by atoms with van der Waals surface area (Å²) in [5.41, 5.74) is 4.81. The summed E-state index contributed by atoms with van der Waals surface area (Å²) < 4.78 is 1.84. The molecule has 166 valence electrons. The van der Waals surface area contributed by atoms with Crippen LogP contribution >= 0.6 is 12.2 Å². The number of aromatic nitrogens is 3. The van der Waals surface area contributed by atoms with Gasteiger partial charge in [-0.25, -0.2) is 0 Å². The molecule has 1 aliphatic carbocycles. The maximum atomic E-state index is 13.4. The summed E-state index contributed by atoms with van der Waals surface area (Å²) in [4.78, 5) is 35.9. The average Bonchev–Trinajstić information content (AvgIpc) is 3.65. The van der Waals surface area contributed by atoms with E-state index in [-0.39, 0.29) is 17.5 Å². The van der Waals surface area contributed by atoms with Crippen molar-refractivity contribution in [1.82, 2.24) is 19.4 Å². The van der Waals surface area contributed by atoms with Crippen molar-refractivity contribution in [2.75, 3.05) is 0 Å². The van der Waals surface area contributed by atoms with Crippen LogP contribution in [0.4, 0.5) is 0 Å². The number of nitrogens with one attached hydrogen (secondary N) is 1. The summed E-state index contributed by atoms with van der Waals surface area (Å²) in [5.74, 6) is -0.0470. The summed E-state index contributed by atoms with van der Waals surface area (Å²) in [6.07, 6.45) is 5.49. The number of aromatic amines is 1. The molecule has 1 fully saturated rings. The van der Waals surface area contributed by atoms with E-state index < -0.39 is 0 Å². The molecule has 4 aromatic rings. The molecule has 2 heterocycles. The second-order valence-electron chi connectivity index (χ2n) is 8.57. The molecule has 0 spiro atoms. The number of hydrogen-bond acceptors (Lipinski definition) is 4. The molecule has 5 rings (SSSR count). The average molecular weight is 457 g/mol. The van der Waals surface area contributed by atoms with Gasteiger partial charge < -0.3 is 9.88 Å². The van der Waals surface area contributed by atoms with Crippen LogP contribution in [0.15, 0.2) is 65.7 Å². The summed E-state index contributed by atoms with van der Waals surface area (Å²) in [7, 11) is 0. The first kappa shape index (κ1) is 21.3. The first-order valence-corrected chi connectivity index (χ1v) is 11.4. The maximum Gasteiger partial charge on any atom is 0.266 e. The predicted octanol–water partition coefficient (Wildman–Crippen LogP) is 4.86. The number of benzene rings is 2. The zero-order chi connectivity index (χ0) is 23.1. The van der Waals surface area contributed by atoms with Gasteiger partial charge >= 0.3 is 0 Å². The van der Waals surface area contributed by atoms with Crippen molar-refractivity contribution in [2.24, 2.45) is 0 Å². The zero-order valence-electron chi connectivity index (χ0n) is 18.5. The number of H-pyrrole nitrogens is 1. The van der Waals surface area contributed by atoms with E-state index in [1.54, 1.807) is 30.6 Å². The van der Waals surface area contributed by atoms with E-state index in [1.807, 2.05) is 49.1 Å². The van der Waals surface area contributed by atoms with Crippen LogP contribution in [0.25, 0.3) is 16.6 Å². The van der Waals surface area contributed by atoms with E-state index in [0.717, 1.165) is 35.2 Å². The monoisotopic (exact) mass is 456 g/mol. The minimum absolute atomic E-state index is 0.0470. The Labute approximate surface area is 196 Å². The minimum atomic E-state index is -0.197. The van der Waals surface area contributed by atoms with E-state index in [2.05, 4.69) is 9.97 Å². The van der Waals surface area contributed by atoms with Crippen molar-refractivity contribution in [3.05, 3.63) is 98.3 Å². The molecule has 2 aromatic heterocycles. The highest BCUT2D eigenvalue weighted by Crippen LogP contribution is 2.30. The van der Waals surface area contributed by atoms with Gasteiger partial charge in [-0.05, 0) is 92.0 Å². The standard InChI is InChI=1S/C26H24N4O2S/c1-16-4-3-5-23(17(16)2)30-25(32)21-9-6-19(14-22(21)28-26(30)33)24(31)29(20-7-8-20)15-18-10-12-27-13-11-18/h3-6,9-14,20H,7-8,15H2,1-2H3,(H,28,33). The lowest BCUT2D eigenvalue weighted by molar-refractivity contribution is 0.0730. The predicted molar refractivity (Wildman–Crippen MR) is 131 cm³/mol. The van der Waals surface area contributed by atoms with Crippen molar-refractivity contribution in [1.29, 1.82) is 0 Å². The number of carbonyl (C=O) groups is 1. The molecule has 0 aliphatic heterocycles. The lowest BCUT2D eigenvalue weighted by Gasteiger charge is -2.23. The Morgan fingerprint density at radius 2 is 1.91 bits per heavy atom. The van der Waals surface area contributed by atoms with E-state index in [4.69, 9.17) is 12.2 Å². The van der Waals surface area contributed by atoms with Crippen LogP contribution in [-0.2, 0) is 6.54 Å². The number of nitrogens with zero attached hydrogens (tertiary/aromatic N) is 3. The fraction of sp³-hybridized carbons (Fsp3) is 0.231. The van der Waals surface area contributed by atoms with Gasteiger partial charge in [-0.1, -0.05) is 12.1 Å². The Balaban J connectivity index is 1.55. The Bertz CT molecular complexity index is 1490. The van der Waals surface area contributed by atoms with E-state index >= 15 is 0 Å². The van der Waals surface area contributed by atoms with E-state index in [0.29, 0.717) is 27.8 Å². The SMILES string of the molecule is Cc1cccc(-n2c(=S)[nH]c3cc(C(=O)N(Cc4ccncc4)C4CC4)ccc3c2=O)c1C. The highest BCUT2D eigenvalue weighted by Gasteiger charge is 2.33. The molecular formula is C26H24N4O2S. The topological polar surface area (TPSA) is 71.0 Å². The van der Waals surface area contributed by atoms with Crippen LogP contribution in [0, 0.1) is 18.6 Å². The third kappa shape index (κ3) is 4.00. The Morgan fingerprint density at radius 1 is 1.15 bits per heavy atom. The first-order valence-electron chi connectivity index (χ1n) is 11.0. The number of fused-ring (bicyclic) bond motifs is 1. The molecule has 6 nitrogen and oxygen atoms in total. The van der Waals surface area contributed by atoms with Gasteiger partial charge in [0.15, 0.2) is 4.77 Å². The van der Waals surface area contributed by atoms with Crippen LogP contribution in [0.1, 0.15) is 39.9 Å². The first-order chi connectivity index (χ1) is 15.9. The van der Waals surface area contributed by atoms with Crippen molar-refractivity contribution in [2.45, 2.75) is 39.3 Å². The van der Waals surface area contributed by atoms with Gasteiger partial charge in [0.1, 0.15) is 0 Å². The summed E-state index contributed by atoms with van der Waals surface area (Å²) in [6, 6.07) is 15.1. The smallest absolute Gasteiger partial charge is 0.266 e. The molecule has 2 aromatic carbocycles. The van der Waals surface area contributed by atoms with Crippen LogP contribution in [0.3, 0.4) is 0 Å². The number of rotatable bonds is 5. The number of pyridine rings is 1.